The lowest BCUT2D eigenvalue weighted by molar-refractivity contribution is -0.0162. The Hall–Kier alpha value is -2.86. The minimum Gasteiger partial charge on any atom is -0.390 e. The number of fused-ring (bicyclic) bond motifs is 1. The Morgan fingerprint density at radius 1 is 1.28 bits per heavy atom. The number of pyridine rings is 1. The number of aliphatic hydroxyl groups excluding tert-OH is 2. The Labute approximate surface area is 212 Å². The number of hydrogen-bond acceptors (Lipinski definition) is 8. The summed E-state index contributed by atoms with van der Waals surface area (Å²) in [5.74, 6) is -0.800. The highest BCUT2D eigenvalue weighted by Gasteiger charge is 2.40. The lowest BCUT2D eigenvalue weighted by Crippen LogP contribution is -2.45. The third kappa shape index (κ3) is 4.19. The quantitative estimate of drug-likeness (QED) is 0.455. The van der Waals surface area contributed by atoms with E-state index in [-0.39, 0.29) is 23.7 Å². The maximum absolute atomic E-state index is 14.6. The van der Waals surface area contributed by atoms with E-state index < -0.39 is 38.8 Å². The van der Waals surface area contributed by atoms with Gasteiger partial charge in [0.1, 0.15) is 4.75 Å². The molecule has 5 rings (SSSR count). The lowest BCUT2D eigenvalue weighted by atomic mass is 9.90. The third-order valence-electron chi connectivity index (χ3n) is 6.75. The van der Waals surface area contributed by atoms with Crippen LogP contribution in [0.4, 0.5) is 10.2 Å². The fraction of sp³-hybridized carbons (Fsp3) is 0.375. The molecule has 4 atom stereocenters. The van der Waals surface area contributed by atoms with Crippen LogP contribution >= 0.6 is 11.6 Å². The Balaban J connectivity index is 1.59. The van der Waals surface area contributed by atoms with Crippen LogP contribution in [0.25, 0.3) is 22.4 Å². The van der Waals surface area contributed by atoms with Crippen LogP contribution in [0.2, 0.25) is 0 Å². The van der Waals surface area contributed by atoms with Gasteiger partial charge in [-0.2, -0.15) is 0 Å². The van der Waals surface area contributed by atoms with Gasteiger partial charge in [0.2, 0.25) is 10.0 Å². The van der Waals surface area contributed by atoms with Crippen LogP contribution in [0.5, 0.6) is 0 Å². The third-order valence-corrected chi connectivity index (χ3v) is 9.25. The van der Waals surface area contributed by atoms with E-state index in [9.17, 15) is 23.0 Å². The van der Waals surface area contributed by atoms with Gasteiger partial charge in [-0.1, -0.05) is 17.7 Å². The first kappa shape index (κ1) is 24.8. The monoisotopic (exact) mass is 533 g/mol. The van der Waals surface area contributed by atoms with E-state index >= 15 is 0 Å². The van der Waals surface area contributed by atoms with Crippen molar-refractivity contribution in [3.05, 3.63) is 59.8 Å². The van der Waals surface area contributed by atoms with E-state index in [0.29, 0.717) is 35.2 Å². The molecule has 0 radical (unpaired) electrons. The molecule has 3 N–H and O–H groups in total. The van der Waals surface area contributed by atoms with Crippen molar-refractivity contribution in [2.45, 2.75) is 55.6 Å². The highest BCUT2D eigenvalue weighted by molar-refractivity contribution is 7.91. The molecule has 2 aliphatic carbocycles. The number of hydrogen-bond donors (Lipinski definition) is 3. The predicted molar refractivity (Wildman–Crippen MR) is 134 cm³/mol. The molecule has 9 nitrogen and oxygen atoms in total. The molecule has 190 valence electrons. The van der Waals surface area contributed by atoms with Crippen LogP contribution in [0, 0.1) is 5.82 Å². The van der Waals surface area contributed by atoms with E-state index in [0.717, 1.165) is 10.2 Å². The van der Waals surface area contributed by atoms with Gasteiger partial charge >= 0.3 is 0 Å². The SMILES string of the molecule is CC1(S(=O)(=O)n2cc(-c3ncc(F)c(N[C@H]4CCC[C@@H](O)[C@@H]4O)n3)c3cccnc32)C=C(Cl)C=CC1. The zero-order chi connectivity index (χ0) is 25.7. The van der Waals surface area contributed by atoms with Crippen LogP contribution in [-0.2, 0) is 10.0 Å². The number of aliphatic hydroxyl groups is 2. The number of halogens is 2. The van der Waals surface area contributed by atoms with E-state index in [1.165, 1.54) is 18.5 Å². The van der Waals surface area contributed by atoms with Crippen molar-refractivity contribution in [3.63, 3.8) is 0 Å². The fourth-order valence-corrected chi connectivity index (χ4v) is 6.73. The van der Waals surface area contributed by atoms with Gasteiger partial charge in [-0.05, 0) is 56.9 Å². The van der Waals surface area contributed by atoms with Crippen LogP contribution < -0.4 is 5.32 Å². The van der Waals surface area contributed by atoms with Gasteiger partial charge in [0.05, 0.1) is 24.4 Å². The Bertz CT molecular complexity index is 1490. The fourth-order valence-electron chi connectivity index (χ4n) is 4.69. The molecule has 1 saturated carbocycles. The molecule has 0 aliphatic heterocycles. The number of rotatable bonds is 5. The highest BCUT2D eigenvalue weighted by atomic mass is 35.5. The van der Waals surface area contributed by atoms with Crippen LogP contribution in [0.15, 0.2) is 54.0 Å². The maximum atomic E-state index is 14.6. The van der Waals surface area contributed by atoms with Crippen LogP contribution in [0.1, 0.15) is 32.6 Å². The first-order chi connectivity index (χ1) is 17.1. The molecule has 0 aromatic carbocycles. The zero-order valence-corrected chi connectivity index (χ0v) is 20.9. The van der Waals surface area contributed by atoms with Gasteiger partial charge in [-0.15, -0.1) is 0 Å². The molecule has 2 aliphatic rings. The van der Waals surface area contributed by atoms with Gasteiger partial charge in [-0.25, -0.2) is 31.7 Å². The number of nitrogens with zero attached hydrogens (tertiary/aromatic N) is 4. The number of nitrogens with one attached hydrogen (secondary N) is 1. The minimum absolute atomic E-state index is 0.0824. The molecule has 0 spiro atoms. The summed E-state index contributed by atoms with van der Waals surface area (Å²) in [6, 6.07) is 2.76. The van der Waals surface area contributed by atoms with Crippen LogP contribution in [-0.4, -0.2) is 60.6 Å². The van der Waals surface area contributed by atoms with Gasteiger partial charge in [-0.3, -0.25) is 0 Å². The number of aromatic nitrogens is 4. The van der Waals surface area contributed by atoms with Crippen LogP contribution in [0.3, 0.4) is 0 Å². The average Bonchev–Trinajstić information content (AvgIpc) is 3.24. The molecule has 3 aromatic heterocycles. The largest absolute Gasteiger partial charge is 0.390 e. The molecule has 3 aromatic rings. The van der Waals surface area contributed by atoms with E-state index in [2.05, 4.69) is 20.3 Å². The summed E-state index contributed by atoms with van der Waals surface area (Å²) >= 11 is 6.13. The summed E-state index contributed by atoms with van der Waals surface area (Å²) in [5, 5.41) is 23.9. The first-order valence-electron chi connectivity index (χ1n) is 11.5. The minimum atomic E-state index is -4.03. The van der Waals surface area contributed by atoms with Crippen molar-refractivity contribution in [3.8, 4) is 11.4 Å². The Kier molecular flexibility index (Phi) is 6.36. The average molecular weight is 534 g/mol. The summed E-state index contributed by atoms with van der Waals surface area (Å²) in [6.45, 7) is 1.59. The number of anilines is 1. The highest BCUT2D eigenvalue weighted by Crippen LogP contribution is 2.36. The summed E-state index contributed by atoms with van der Waals surface area (Å²) in [7, 11) is -4.03. The normalized spacial score (nSPS) is 26.7. The molecule has 1 unspecified atom stereocenters. The predicted octanol–water partition coefficient (Wildman–Crippen LogP) is 3.34. The lowest BCUT2D eigenvalue weighted by Gasteiger charge is -2.32. The molecule has 3 heterocycles. The molecule has 1 fully saturated rings. The summed E-state index contributed by atoms with van der Waals surface area (Å²) < 4.78 is 42.0. The molecule has 0 bridgehead atoms. The summed E-state index contributed by atoms with van der Waals surface area (Å²) in [5.41, 5.74) is 0.528. The standard InChI is InChI=1S/C24H25ClFN5O4S/c1-24(9-3-5-14(25)11-24)36(34,35)31-13-16(15-6-4-10-27-23(15)31)21-28-12-17(26)22(30-21)29-18-7-2-8-19(32)20(18)33/h3-6,10-13,18-20,32-33H,2,7-9H2,1H3,(H,28,29,30)/t18-,19+,20+,24?/m0/s1. The summed E-state index contributed by atoms with van der Waals surface area (Å²) in [6.07, 6.45) is 8.62. The summed E-state index contributed by atoms with van der Waals surface area (Å²) in [4.78, 5) is 12.7. The van der Waals surface area contributed by atoms with Crippen molar-refractivity contribution in [1.82, 2.24) is 18.9 Å². The second kappa shape index (κ2) is 9.22. The van der Waals surface area contributed by atoms with Gasteiger partial charge in [0.25, 0.3) is 0 Å². The molecule has 12 heteroatoms. The van der Waals surface area contributed by atoms with Crippen molar-refractivity contribution < 1.29 is 23.0 Å². The molecular weight excluding hydrogens is 509 g/mol. The Morgan fingerprint density at radius 2 is 2.08 bits per heavy atom. The molecule has 36 heavy (non-hydrogen) atoms. The second-order valence-electron chi connectivity index (χ2n) is 9.30. The topological polar surface area (TPSA) is 130 Å². The van der Waals surface area contributed by atoms with E-state index in [4.69, 9.17) is 11.6 Å². The van der Waals surface area contributed by atoms with Gasteiger partial charge < -0.3 is 15.5 Å². The molecule has 0 saturated heterocycles. The molecule has 0 amide bonds. The van der Waals surface area contributed by atoms with Crippen molar-refractivity contribution in [2.24, 2.45) is 0 Å². The Morgan fingerprint density at radius 3 is 2.86 bits per heavy atom. The first-order valence-corrected chi connectivity index (χ1v) is 13.3. The molecular formula is C24H25ClFN5O4S. The zero-order valence-electron chi connectivity index (χ0n) is 19.3. The number of allylic oxidation sites excluding steroid dienone is 3. The van der Waals surface area contributed by atoms with Crippen molar-refractivity contribution in [2.75, 3.05) is 5.32 Å². The van der Waals surface area contributed by atoms with E-state index in [1.807, 2.05) is 0 Å². The van der Waals surface area contributed by atoms with Gasteiger partial charge in [0, 0.05) is 28.4 Å². The second-order valence-corrected chi connectivity index (χ2v) is 12.0. The maximum Gasteiger partial charge on any atom is 0.249 e. The van der Waals surface area contributed by atoms with Crippen molar-refractivity contribution in [1.29, 1.82) is 0 Å². The van der Waals surface area contributed by atoms with Crippen molar-refractivity contribution >= 4 is 38.5 Å². The smallest absolute Gasteiger partial charge is 0.249 e. The van der Waals surface area contributed by atoms with E-state index in [1.54, 1.807) is 31.2 Å². The van der Waals surface area contributed by atoms with Gasteiger partial charge in [0.15, 0.2) is 23.1 Å².